The van der Waals surface area contributed by atoms with Crippen molar-refractivity contribution in [3.8, 4) is 17.0 Å². The van der Waals surface area contributed by atoms with Gasteiger partial charge in [0.1, 0.15) is 5.75 Å². The highest BCUT2D eigenvalue weighted by Gasteiger charge is 2.14. The topological polar surface area (TPSA) is 63.9 Å². The van der Waals surface area contributed by atoms with Crippen molar-refractivity contribution in [1.29, 1.82) is 0 Å². The van der Waals surface area contributed by atoms with E-state index in [0.29, 0.717) is 11.3 Å². The zero-order valence-electron chi connectivity index (χ0n) is 10.5. The molecule has 0 saturated carbocycles. The molecule has 0 bridgehead atoms. The van der Waals surface area contributed by atoms with Gasteiger partial charge in [-0.15, -0.1) is 0 Å². The lowest BCUT2D eigenvalue weighted by atomic mass is 10.0. The fourth-order valence-electron chi connectivity index (χ4n) is 1.91. The van der Waals surface area contributed by atoms with Crippen LogP contribution in [0.5, 0.6) is 5.75 Å². The second-order valence-corrected chi connectivity index (χ2v) is 4.70. The summed E-state index contributed by atoms with van der Waals surface area (Å²) in [5, 5.41) is 0. The number of hydrogen-bond donors (Lipinski definition) is 2. The van der Waals surface area contributed by atoms with Gasteiger partial charge in [0.25, 0.3) is 0 Å². The minimum absolute atomic E-state index is 0.410. The van der Waals surface area contributed by atoms with Crippen LogP contribution in [0.4, 0.5) is 0 Å². The van der Waals surface area contributed by atoms with Gasteiger partial charge in [0.15, 0.2) is 4.73 Å². The van der Waals surface area contributed by atoms with E-state index < -0.39 is 0 Å². The van der Waals surface area contributed by atoms with Gasteiger partial charge in [-0.25, -0.2) is 4.98 Å². The Morgan fingerprint density at radius 3 is 2.83 bits per heavy atom. The molecule has 0 aliphatic heterocycles. The van der Waals surface area contributed by atoms with Crippen molar-refractivity contribution in [2.45, 2.75) is 19.9 Å². The predicted octanol–water partition coefficient (Wildman–Crippen LogP) is 2.87. The number of benzene rings is 1. The van der Waals surface area contributed by atoms with Crippen molar-refractivity contribution in [1.82, 2.24) is 9.97 Å². The van der Waals surface area contributed by atoms with E-state index in [1.54, 1.807) is 7.11 Å². The number of aryl methyl sites for hydroxylation is 1. The summed E-state index contributed by atoms with van der Waals surface area (Å²) < 4.78 is 6.08. The van der Waals surface area contributed by atoms with Crippen LogP contribution in [-0.4, -0.2) is 17.1 Å². The quantitative estimate of drug-likeness (QED) is 0.912. The number of aromatic amines is 1. The third kappa shape index (κ3) is 2.42. The molecule has 1 aromatic carbocycles. The highest BCUT2D eigenvalue weighted by Crippen LogP contribution is 2.32. The van der Waals surface area contributed by atoms with E-state index in [1.807, 2.05) is 6.07 Å². The SMILES string of the molecule is CCc1ccc(OC)c(-c2nc(Br)[nH]c2CN)c1. The van der Waals surface area contributed by atoms with E-state index >= 15 is 0 Å². The molecule has 2 aromatic rings. The third-order valence-electron chi connectivity index (χ3n) is 2.88. The first-order chi connectivity index (χ1) is 8.69. The summed E-state index contributed by atoms with van der Waals surface area (Å²) in [6, 6.07) is 6.13. The molecule has 0 atom stereocenters. The Balaban J connectivity index is 2.60. The first kappa shape index (κ1) is 13.1. The van der Waals surface area contributed by atoms with Gasteiger partial charge in [-0.2, -0.15) is 0 Å². The average Bonchev–Trinajstić information content (AvgIpc) is 2.79. The maximum absolute atomic E-state index is 5.73. The number of ether oxygens (including phenoxy) is 1. The Hall–Kier alpha value is -1.33. The molecule has 0 aliphatic carbocycles. The third-order valence-corrected chi connectivity index (χ3v) is 3.26. The summed E-state index contributed by atoms with van der Waals surface area (Å²) in [5.41, 5.74) is 9.69. The van der Waals surface area contributed by atoms with Crippen LogP contribution in [0.1, 0.15) is 18.2 Å². The number of halogens is 1. The van der Waals surface area contributed by atoms with Crippen LogP contribution < -0.4 is 10.5 Å². The van der Waals surface area contributed by atoms with Gasteiger partial charge in [0, 0.05) is 12.1 Å². The molecule has 0 spiro atoms. The molecule has 4 nitrogen and oxygen atoms in total. The second kappa shape index (κ2) is 5.54. The number of rotatable bonds is 4. The van der Waals surface area contributed by atoms with Gasteiger partial charge in [-0.05, 0) is 40.0 Å². The van der Waals surface area contributed by atoms with Crippen molar-refractivity contribution in [2.24, 2.45) is 5.73 Å². The second-order valence-electron chi connectivity index (χ2n) is 3.95. The van der Waals surface area contributed by atoms with Crippen LogP contribution in [-0.2, 0) is 13.0 Å². The summed E-state index contributed by atoms with van der Waals surface area (Å²) in [7, 11) is 1.66. The van der Waals surface area contributed by atoms with Crippen LogP contribution in [0.2, 0.25) is 0 Å². The van der Waals surface area contributed by atoms with E-state index in [-0.39, 0.29) is 0 Å². The minimum Gasteiger partial charge on any atom is -0.496 e. The summed E-state index contributed by atoms with van der Waals surface area (Å²) >= 11 is 3.34. The Bertz CT molecular complexity index is 551. The summed E-state index contributed by atoms with van der Waals surface area (Å²) in [6.07, 6.45) is 0.973. The van der Waals surface area contributed by atoms with Crippen molar-refractivity contribution < 1.29 is 4.74 Å². The van der Waals surface area contributed by atoms with E-state index in [2.05, 4.69) is 45.0 Å². The highest BCUT2D eigenvalue weighted by atomic mass is 79.9. The van der Waals surface area contributed by atoms with Gasteiger partial charge in [0.2, 0.25) is 0 Å². The molecule has 3 N–H and O–H groups in total. The molecule has 1 aromatic heterocycles. The predicted molar refractivity (Wildman–Crippen MR) is 75.5 cm³/mol. The number of nitrogens with two attached hydrogens (primary N) is 1. The summed E-state index contributed by atoms with van der Waals surface area (Å²) in [4.78, 5) is 7.54. The average molecular weight is 310 g/mol. The van der Waals surface area contributed by atoms with Crippen LogP contribution in [0.15, 0.2) is 22.9 Å². The Kier molecular flexibility index (Phi) is 4.04. The molecule has 0 radical (unpaired) electrons. The van der Waals surface area contributed by atoms with E-state index in [9.17, 15) is 0 Å². The van der Waals surface area contributed by atoms with Crippen molar-refractivity contribution in [3.05, 3.63) is 34.2 Å². The number of H-pyrrole nitrogens is 1. The van der Waals surface area contributed by atoms with Crippen molar-refractivity contribution >= 4 is 15.9 Å². The molecule has 96 valence electrons. The lowest BCUT2D eigenvalue weighted by Crippen LogP contribution is -2.00. The van der Waals surface area contributed by atoms with E-state index in [4.69, 9.17) is 10.5 Å². The Labute approximate surface area is 115 Å². The van der Waals surface area contributed by atoms with Crippen LogP contribution in [0.3, 0.4) is 0 Å². The molecule has 0 fully saturated rings. The molecule has 0 aliphatic rings. The monoisotopic (exact) mass is 309 g/mol. The lowest BCUT2D eigenvalue weighted by molar-refractivity contribution is 0.416. The van der Waals surface area contributed by atoms with E-state index in [1.165, 1.54) is 5.56 Å². The standard InChI is InChI=1S/C13H16BrN3O/c1-3-8-4-5-11(18-2)9(6-8)12-10(7-15)16-13(14)17-12/h4-6H,3,7,15H2,1-2H3,(H,16,17). The molecular weight excluding hydrogens is 294 g/mol. The minimum atomic E-state index is 0.410. The Morgan fingerprint density at radius 2 is 2.22 bits per heavy atom. The van der Waals surface area contributed by atoms with Gasteiger partial charge in [0.05, 0.1) is 18.5 Å². The zero-order chi connectivity index (χ0) is 13.1. The molecule has 2 rings (SSSR count). The molecule has 0 amide bonds. The number of aromatic nitrogens is 2. The van der Waals surface area contributed by atoms with Gasteiger partial charge in [-0.3, -0.25) is 0 Å². The normalized spacial score (nSPS) is 10.7. The number of hydrogen-bond acceptors (Lipinski definition) is 3. The summed E-state index contributed by atoms with van der Waals surface area (Å²) in [6.45, 7) is 2.53. The van der Waals surface area contributed by atoms with Crippen molar-refractivity contribution in [2.75, 3.05) is 7.11 Å². The molecule has 0 saturated heterocycles. The molecule has 1 heterocycles. The van der Waals surface area contributed by atoms with Crippen LogP contribution in [0.25, 0.3) is 11.3 Å². The Morgan fingerprint density at radius 1 is 1.44 bits per heavy atom. The largest absolute Gasteiger partial charge is 0.496 e. The zero-order valence-corrected chi connectivity index (χ0v) is 12.0. The van der Waals surface area contributed by atoms with Gasteiger partial charge < -0.3 is 15.5 Å². The fourth-order valence-corrected chi connectivity index (χ4v) is 2.32. The molecule has 0 unspecified atom stereocenters. The number of methoxy groups -OCH3 is 1. The maximum atomic E-state index is 5.73. The van der Waals surface area contributed by atoms with Gasteiger partial charge in [-0.1, -0.05) is 13.0 Å². The highest BCUT2D eigenvalue weighted by molar-refractivity contribution is 9.10. The van der Waals surface area contributed by atoms with Crippen LogP contribution in [0, 0.1) is 0 Å². The number of nitrogens with one attached hydrogen (secondary N) is 1. The molecule has 5 heteroatoms. The molecular formula is C13H16BrN3O. The lowest BCUT2D eigenvalue weighted by Gasteiger charge is -2.09. The smallest absolute Gasteiger partial charge is 0.175 e. The molecule has 18 heavy (non-hydrogen) atoms. The summed E-state index contributed by atoms with van der Waals surface area (Å²) in [5.74, 6) is 0.806. The number of imidazole rings is 1. The maximum Gasteiger partial charge on any atom is 0.175 e. The van der Waals surface area contributed by atoms with Gasteiger partial charge >= 0.3 is 0 Å². The fraction of sp³-hybridized carbons (Fsp3) is 0.308. The van der Waals surface area contributed by atoms with E-state index in [0.717, 1.165) is 29.1 Å². The number of nitrogens with zero attached hydrogens (tertiary/aromatic N) is 1. The van der Waals surface area contributed by atoms with Crippen molar-refractivity contribution in [3.63, 3.8) is 0 Å². The van der Waals surface area contributed by atoms with Crippen LogP contribution >= 0.6 is 15.9 Å². The first-order valence-electron chi connectivity index (χ1n) is 5.81. The first-order valence-corrected chi connectivity index (χ1v) is 6.60.